The van der Waals surface area contributed by atoms with Crippen molar-refractivity contribution < 1.29 is 4.79 Å². The Balaban J connectivity index is 1.75. The number of para-hydroxylation sites is 1. The number of carbonyl (C=O) groups is 1. The SMILES string of the molecule is C[C@@H]1CCN(C(=O)CSc2nc(N)cc(N)n2)c2ccccc2S1. The number of rotatable bonds is 3. The van der Waals surface area contributed by atoms with E-state index in [-0.39, 0.29) is 11.7 Å². The first-order valence-electron chi connectivity index (χ1n) is 7.62. The quantitative estimate of drug-likeness (QED) is 0.640. The topological polar surface area (TPSA) is 98.1 Å². The Hall–Kier alpha value is -1.93. The van der Waals surface area contributed by atoms with E-state index in [9.17, 15) is 4.79 Å². The van der Waals surface area contributed by atoms with Crippen LogP contribution in [0.1, 0.15) is 13.3 Å². The molecule has 1 aliphatic heterocycles. The second kappa shape index (κ2) is 7.31. The second-order valence-electron chi connectivity index (χ2n) is 5.52. The van der Waals surface area contributed by atoms with Gasteiger partial charge in [-0.25, -0.2) is 9.97 Å². The number of nitrogens with two attached hydrogens (primary N) is 2. The van der Waals surface area contributed by atoms with Gasteiger partial charge in [-0.05, 0) is 18.6 Å². The van der Waals surface area contributed by atoms with Crippen LogP contribution in [0, 0.1) is 0 Å². The van der Waals surface area contributed by atoms with Gasteiger partial charge in [-0.2, -0.15) is 0 Å². The van der Waals surface area contributed by atoms with Crippen molar-refractivity contribution in [1.29, 1.82) is 0 Å². The summed E-state index contributed by atoms with van der Waals surface area (Å²) in [4.78, 5) is 23.9. The number of aromatic nitrogens is 2. The van der Waals surface area contributed by atoms with E-state index in [2.05, 4.69) is 23.0 Å². The van der Waals surface area contributed by atoms with E-state index in [1.54, 1.807) is 0 Å². The highest BCUT2D eigenvalue weighted by Gasteiger charge is 2.24. The third-order valence-corrected chi connectivity index (χ3v) is 5.68. The van der Waals surface area contributed by atoms with Gasteiger partial charge in [-0.15, -0.1) is 11.8 Å². The molecule has 1 amide bonds. The van der Waals surface area contributed by atoms with E-state index in [4.69, 9.17) is 11.5 Å². The van der Waals surface area contributed by atoms with Crippen LogP contribution >= 0.6 is 23.5 Å². The van der Waals surface area contributed by atoms with Crippen molar-refractivity contribution in [3.05, 3.63) is 30.3 Å². The average Bonchev–Trinajstić information content (AvgIpc) is 2.70. The van der Waals surface area contributed by atoms with Crippen LogP contribution in [0.5, 0.6) is 0 Å². The smallest absolute Gasteiger partial charge is 0.237 e. The van der Waals surface area contributed by atoms with E-state index in [0.717, 1.165) is 17.0 Å². The van der Waals surface area contributed by atoms with Crippen LogP contribution in [0.25, 0.3) is 0 Å². The van der Waals surface area contributed by atoms with Gasteiger partial charge >= 0.3 is 0 Å². The molecule has 0 bridgehead atoms. The number of amides is 1. The molecular weight excluding hydrogens is 342 g/mol. The van der Waals surface area contributed by atoms with Crippen LogP contribution in [0.4, 0.5) is 17.3 Å². The lowest BCUT2D eigenvalue weighted by Crippen LogP contribution is -2.33. The lowest BCUT2D eigenvalue weighted by Gasteiger charge is -2.22. The monoisotopic (exact) mass is 361 g/mol. The van der Waals surface area contributed by atoms with Crippen molar-refractivity contribution >= 4 is 46.8 Å². The van der Waals surface area contributed by atoms with E-state index < -0.39 is 0 Å². The number of nitrogens with zero attached hydrogens (tertiary/aromatic N) is 3. The summed E-state index contributed by atoms with van der Waals surface area (Å²) in [6.07, 6.45) is 0.956. The second-order valence-corrected chi connectivity index (χ2v) is 7.94. The summed E-state index contributed by atoms with van der Waals surface area (Å²) in [6, 6.07) is 9.53. The third kappa shape index (κ3) is 3.93. The summed E-state index contributed by atoms with van der Waals surface area (Å²) in [5.41, 5.74) is 12.3. The number of carbonyl (C=O) groups excluding carboxylic acids is 1. The molecule has 3 rings (SSSR count). The van der Waals surface area contributed by atoms with Gasteiger partial charge in [0.1, 0.15) is 11.6 Å². The molecule has 2 aromatic rings. The van der Waals surface area contributed by atoms with Crippen LogP contribution in [0.3, 0.4) is 0 Å². The fourth-order valence-electron chi connectivity index (χ4n) is 2.48. The van der Waals surface area contributed by atoms with Gasteiger partial charge < -0.3 is 16.4 Å². The molecule has 0 spiro atoms. The molecule has 1 aromatic carbocycles. The van der Waals surface area contributed by atoms with E-state index in [1.807, 2.05) is 34.9 Å². The number of fused-ring (bicyclic) bond motifs is 1. The molecule has 8 heteroatoms. The molecule has 24 heavy (non-hydrogen) atoms. The van der Waals surface area contributed by atoms with Gasteiger partial charge in [-0.1, -0.05) is 30.8 Å². The Morgan fingerprint density at radius 3 is 2.79 bits per heavy atom. The number of hydrogen-bond acceptors (Lipinski definition) is 7. The highest BCUT2D eigenvalue weighted by atomic mass is 32.2. The van der Waals surface area contributed by atoms with Crippen molar-refractivity contribution in [2.45, 2.75) is 28.6 Å². The zero-order valence-electron chi connectivity index (χ0n) is 13.3. The summed E-state index contributed by atoms with van der Waals surface area (Å²) < 4.78 is 0. The van der Waals surface area contributed by atoms with Gasteiger partial charge in [0, 0.05) is 22.8 Å². The average molecular weight is 361 g/mol. The molecule has 0 aliphatic carbocycles. The molecule has 0 unspecified atom stereocenters. The van der Waals surface area contributed by atoms with Crippen LogP contribution in [0.2, 0.25) is 0 Å². The Labute approximate surface area is 149 Å². The van der Waals surface area contributed by atoms with Gasteiger partial charge in [0.25, 0.3) is 0 Å². The van der Waals surface area contributed by atoms with Crippen LogP contribution in [-0.2, 0) is 4.79 Å². The molecular formula is C16H19N5OS2. The summed E-state index contributed by atoms with van der Waals surface area (Å²) in [5, 5.41) is 0.903. The zero-order valence-corrected chi connectivity index (χ0v) is 14.9. The van der Waals surface area contributed by atoms with Gasteiger partial charge in [0.15, 0.2) is 5.16 Å². The minimum Gasteiger partial charge on any atom is -0.383 e. The minimum absolute atomic E-state index is 0.0340. The predicted molar refractivity (Wildman–Crippen MR) is 100 cm³/mol. The van der Waals surface area contributed by atoms with E-state index in [1.165, 1.54) is 17.8 Å². The Morgan fingerprint density at radius 1 is 1.33 bits per heavy atom. The Kier molecular flexibility index (Phi) is 5.15. The zero-order chi connectivity index (χ0) is 17.1. The fourth-order valence-corrected chi connectivity index (χ4v) is 4.34. The summed E-state index contributed by atoms with van der Waals surface area (Å²) in [6.45, 7) is 2.90. The van der Waals surface area contributed by atoms with Crippen LogP contribution in [0.15, 0.2) is 40.4 Å². The lowest BCUT2D eigenvalue weighted by molar-refractivity contribution is -0.116. The fraction of sp³-hybridized carbons (Fsp3) is 0.312. The summed E-state index contributed by atoms with van der Waals surface area (Å²) in [5.74, 6) is 0.897. The number of nitrogen functional groups attached to an aromatic ring is 2. The highest BCUT2D eigenvalue weighted by molar-refractivity contribution is 8.00. The summed E-state index contributed by atoms with van der Waals surface area (Å²) in [7, 11) is 0. The van der Waals surface area contributed by atoms with E-state index in [0.29, 0.717) is 28.6 Å². The van der Waals surface area contributed by atoms with Crippen molar-refractivity contribution in [2.24, 2.45) is 0 Å². The molecule has 6 nitrogen and oxygen atoms in total. The first kappa shape index (κ1) is 16.9. The van der Waals surface area contributed by atoms with Crippen LogP contribution in [-0.4, -0.2) is 33.4 Å². The molecule has 1 aromatic heterocycles. The molecule has 0 saturated carbocycles. The number of benzene rings is 1. The standard InChI is InChI=1S/C16H19N5OS2/c1-10-6-7-21(11-4-2-3-5-12(11)24-10)15(22)9-23-16-19-13(17)8-14(18)20-16/h2-5,8,10H,6-7,9H2,1H3,(H4,17,18,19,20)/t10-/m1/s1. The predicted octanol–water partition coefficient (Wildman–Crippen LogP) is 2.65. The normalized spacial score (nSPS) is 17.2. The number of thioether (sulfide) groups is 2. The maximum atomic E-state index is 12.7. The van der Waals surface area contributed by atoms with Crippen molar-refractivity contribution in [2.75, 3.05) is 28.7 Å². The molecule has 0 fully saturated rings. The molecule has 0 saturated heterocycles. The first-order chi connectivity index (χ1) is 11.5. The Morgan fingerprint density at radius 2 is 2.04 bits per heavy atom. The minimum atomic E-state index is 0.0340. The largest absolute Gasteiger partial charge is 0.383 e. The first-order valence-corrected chi connectivity index (χ1v) is 9.48. The van der Waals surface area contributed by atoms with Crippen molar-refractivity contribution in [1.82, 2.24) is 9.97 Å². The van der Waals surface area contributed by atoms with Gasteiger partial charge in [0.2, 0.25) is 5.91 Å². The molecule has 1 atom stereocenters. The molecule has 2 heterocycles. The number of hydrogen-bond donors (Lipinski definition) is 2. The maximum absolute atomic E-state index is 12.7. The highest BCUT2D eigenvalue weighted by Crippen LogP contribution is 2.37. The van der Waals surface area contributed by atoms with Gasteiger partial charge in [0.05, 0.1) is 11.4 Å². The van der Waals surface area contributed by atoms with Gasteiger partial charge in [-0.3, -0.25) is 4.79 Å². The molecule has 1 aliphatic rings. The van der Waals surface area contributed by atoms with Crippen molar-refractivity contribution in [3.8, 4) is 0 Å². The maximum Gasteiger partial charge on any atom is 0.237 e. The van der Waals surface area contributed by atoms with E-state index >= 15 is 0 Å². The van der Waals surface area contributed by atoms with Crippen molar-refractivity contribution in [3.63, 3.8) is 0 Å². The lowest BCUT2D eigenvalue weighted by atomic mass is 10.2. The van der Waals surface area contributed by atoms with Crippen LogP contribution < -0.4 is 16.4 Å². The third-order valence-electron chi connectivity index (χ3n) is 3.61. The molecule has 126 valence electrons. The molecule has 4 N–H and O–H groups in total. The Bertz CT molecular complexity index is 735. The summed E-state index contributed by atoms with van der Waals surface area (Å²) >= 11 is 3.07. The number of anilines is 3. The molecule has 0 radical (unpaired) electrons.